The van der Waals surface area contributed by atoms with E-state index in [1.807, 2.05) is 0 Å². The third kappa shape index (κ3) is 4.18. The lowest BCUT2D eigenvalue weighted by molar-refractivity contribution is -0.166. The van der Waals surface area contributed by atoms with Crippen LogP contribution in [0.4, 0.5) is 4.79 Å². The van der Waals surface area contributed by atoms with Crippen molar-refractivity contribution in [1.82, 2.24) is 9.62 Å². The van der Waals surface area contributed by atoms with Crippen LogP contribution >= 0.6 is 0 Å². The summed E-state index contributed by atoms with van der Waals surface area (Å²) in [6.45, 7) is 4.60. The van der Waals surface area contributed by atoms with Gasteiger partial charge in [-0.2, -0.15) is 0 Å². The molecule has 2 aromatic carbocycles. The molecule has 2 aromatic rings. The van der Waals surface area contributed by atoms with Gasteiger partial charge in [0.2, 0.25) is 0 Å². The molecule has 0 spiro atoms. The number of aryl methyl sites for hydroxylation is 1. The smallest absolute Gasteiger partial charge is 0.346 e. The molecule has 1 N–H and O–H groups in total. The molecular weight excluding hydrogens is 464 g/mol. The Kier molecular flexibility index (Phi) is 7.15. The maximum atomic E-state index is 13.6. The van der Waals surface area contributed by atoms with E-state index in [9.17, 15) is 22.8 Å². The second-order valence-corrected chi connectivity index (χ2v) is 9.28. The van der Waals surface area contributed by atoms with Crippen LogP contribution in [0.3, 0.4) is 0 Å². The number of sulfonamides is 1. The van der Waals surface area contributed by atoms with E-state index in [-0.39, 0.29) is 23.7 Å². The average molecular weight is 491 g/mol. The van der Waals surface area contributed by atoms with E-state index in [1.54, 1.807) is 19.1 Å². The Morgan fingerprint density at radius 1 is 0.971 bits per heavy atom. The molecule has 0 aromatic heterocycles. The molecule has 11 heteroatoms. The van der Waals surface area contributed by atoms with Crippen LogP contribution in [0.2, 0.25) is 0 Å². The standard InChI is InChI=1S/C23H26N2O8S/c1-5-32-20(26)23(21(27)33-6-2)19(16-9-11-17(31-4)12-10-16)25(22(28)24-23)34(29,30)18-13-7-15(3)8-14-18/h7-14,19H,5-6H2,1-4H3,(H,24,28)/t19-/m1/s1. The zero-order valence-corrected chi connectivity index (χ0v) is 20.0. The quantitative estimate of drug-likeness (QED) is 0.441. The van der Waals surface area contributed by atoms with E-state index in [4.69, 9.17) is 14.2 Å². The van der Waals surface area contributed by atoms with E-state index < -0.39 is 39.6 Å². The summed E-state index contributed by atoms with van der Waals surface area (Å²) in [6, 6.07) is 9.03. The number of carbonyl (C=O) groups is 3. The van der Waals surface area contributed by atoms with Gasteiger partial charge in [0.1, 0.15) is 11.8 Å². The van der Waals surface area contributed by atoms with Gasteiger partial charge in [-0.3, -0.25) is 0 Å². The summed E-state index contributed by atoms with van der Waals surface area (Å²) in [5, 5.41) is 2.28. The minimum Gasteiger partial charge on any atom is -0.497 e. The molecule has 3 rings (SSSR count). The number of carbonyl (C=O) groups excluding carboxylic acids is 3. The van der Waals surface area contributed by atoms with Crippen molar-refractivity contribution >= 4 is 28.0 Å². The zero-order chi connectivity index (χ0) is 25.1. The fraction of sp³-hybridized carbons (Fsp3) is 0.348. The molecule has 182 valence electrons. The molecule has 1 heterocycles. The summed E-state index contributed by atoms with van der Waals surface area (Å²) in [5.74, 6) is -1.82. The summed E-state index contributed by atoms with van der Waals surface area (Å²) in [6.07, 6.45) is 0. The Balaban J connectivity index is 2.29. The van der Waals surface area contributed by atoms with Crippen molar-refractivity contribution in [2.75, 3.05) is 20.3 Å². The van der Waals surface area contributed by atoms with Gasteiger partial charge in [-0.05, 0) is 50.6 Å². The van der Waals surface area contributed by atoms with Crippen LogP contribution in [0.15, 0.2) is 53.4 Å². The van der Waals surface area contributed by atoms with Crippen molar-refractivity contribution in [3.63, 3.8) is 0 Å². The van der Waals surface area contributed by atoms with Crippen LogP contribution in [0.5, 0.6) is 5.75 Å². The lowest BCUT2D eigenvalue weighted by Crippen LogP contribution is -2.60. The van der Waals surface area contributed by atoms with E-state index in [0.717, 1.165) is 5.56 Å². The summed E-state index contributed by atoms with van der Waals surface area (Å²) in [5.41, 5.74) is -1.48. The molecule has 0 aliphatic carbocycles. The minimum atomic E-state index is -4.51. The molecule has 1 atom stereocenters. The maximum absolute atomic E-state index is 13.6. The van der Waals surface area contributed by atoms with Crippen molar-refractivity contribution in [2.45, 2.75) is 37.2 Å². The summed E-state index contributed by atoms with van der Waals surface area (Å²) in [7, 11) is -3.06. The predicted octanol–water partition coefficient (Wildman–Crippen LogP) is 2.32. The minimum absolute atomic E-state index is 0.115. The number of rotatable bonds is 8. The first-order valence-electron chi connectivity index (χ1n) is 10.5. The van der Waals surface area contributed by atoms with E-state index in [0.29, 0.717) is 10.1 Å². The number of esters is 2. The zero-order valence-electron chi connectivity index (χ0n) is 19.2. The number of nitrogens with zero attached hydrogens (tertiary/aromatic N) is 1. The second kappa shape index (κ2) is 9.72. The third-order valence-electron chi connectivity index (χ3n) is 5.35. The number of benzene rings is 2. The highest BCUT2D eigenvalue weighted by Crippen LogP contribution is 2.43. The molecule has 0 radical (unpaired) electrons. The number of urea groups is 1. The molecular formula is C23H26N2O8S. The van der Waals surface area contributed by atoms with E-state index in [2.05, 4.69) is 5.32 Å². The second-order valence-electron chi connectivity index (χ2n) is 7.47. The number of hydrogen-bond acceptors (Lipinski definition) is 8. The van der Waals surface area contributed by atoms with Crippen LogP contribution in [0.25, 0.3) is 0 Å². The fourth-order valence-corrected chi connectivity index (χ4v) is 5.26. The highest BCUT2D eigenvalue weighted by molar-refractivity contribution is 7.89. The van der Waals surface area contributed by atoms with Gasteiger partial charge in [0, 0.05) is 0 Å². The summed E-state index contributed by atoms with van der Waals surface area (Å²) in [4.78, 5) is 39.4. The van der Waals surface area contributed by atoms with Gasteiger partial charge in [-0.1, -0.05) is 29.8 Å². The summed E-state index contributed by atoms with van der Waals surface area (Å²) < 4.78 is 43.2. The number of amides is 2. The Labute approximate surface area is 197 Å². The molecule has 0 unspecified atom stereocenters. The lowest BCUT2D eigenvalue weighted by Gasteiger charge is -2.32. The average Bonchev–Trinajstić information content (AvgIpc) is 3.14. The van der Waals surface area contributed by atoms with Crippen LogP contribution < -0.4 is 10.1 Å². The van der Waals surface area contributed by atoms with Crippen LogP contribution in [-0.4, -0.2) is 56.6 Å². The van der Waals surface area contributed by atoms with Crippen molar-refractivity contribution in [3.8, 4) is 5.75 Å². The highest BCUT2D eigenvalue weighted by Gasteiger charge is 2.67. The largest absolute Gasteiger partial charge is 0.497 e. The number of methoxy groups -OCH3 is 1. The third-order valence-corrected chi connectivity index (χ3v) is 7.12. The van der Waals surface area contributed by atoms with Crippen molar-refractivity contribution in [3.05, 3.63) is 59.7 Å². The van der Waals surface area contributed by atoms with Gasteiger partial charge < -0.3 is 19.5 Å². The Bertz CT molecular complexity index is 1160. The van der Waals surface area contributed by atoms with Crippen molar-refractivity contribution in [2.24, 2.45) is 0 Å². The molecule has 10 nitrogen and oxygen atoms in total. The lowest BCUT2D eigenvalue weighted by atomic mass is 9.86. The van der Waals surface area contributed by atoms with Gasteiger partial charge in [0.15, 0.2) is 0 Å². The van der Waals surface area contributed by atoms with Gasteiger partial charge in [0.25, 0.3) is 15.6 Å². The van der Waals surface area contributed by atoms with Crippen molar-refractivity contribution < 1.29 is 37.0 Å². The number of hydrogen-bond donors (Lipinski definition) is 1. The SMILES string of the molecule is CCOC(=O)C1(C(=O)OCC)NC(=O)N(S(=O)(=O)c2ccc(C)cc2)[C@@H]1c1ccc(OC)cc1. The topological polar surface area (TPSA) is 128 Å². The molecule has 1 aliphatic rings. The van der Waals surface area contributed by atoms with Gasteiger partial charge >= 0.3 is 18.0 Å². The molecule has 0 saturated carbocycles. The molecule has 1 saturated heterocycles. The number of nitrogens with one attached hydrogen (secondary N) is 1. The summed E-state index contributed by atoms with van der Waals surface area (Å²) >= 11 is 0. The monoisotopic (exact) mass is 490 g/mol. The van der Waals surface area contributed by atoms with E-state index in [1.165, 1.54) is 57.4 Å². The molecule has 1 fully saturated rings. The first kappa shape index (κ1) is 25.0. The van der Waals surface area contributed by atoms with Gasteiger partial charge in [-0.25, -0.2) is 27.1 Å². The molecule has 2 amide bonds. The first-order chi connectivity index (χ1) is 16.1. The normalized spacial score (nSPS) is 17.1. The van der Waals surface area contributed by atoms with Crippen LogP contribution in [0, 0.1) is 6.92 Å². The van der Waals surface area contributed by atoms with Gasteiger partial charge in [-0.15, -0.1) is 0 Å². The number of ether oxygens (including phenoxy) is 3. The Morgan fingerprint density at radius 2 is 1.50 bits per heavy atom. The van der Waals surface area contributed by atoms with Crippen molar-refractivity contribution in [1.29, 1.82) is 0 Å². The molecule has 34 heavy (non-hydrogen) atoms. The first-order valence-corrected chi connectivity index (χ1v) is 12.0. The van der Waals surface area contributed by atoms with E-state index >= 15 is 0 Å². The predicted molar refractivity (Wildman–Crippen MR) is 120 cm³/mol. The molecule has 0 bridgehead atoms. The maximum Gasteiger partial charge on any atom is 0.346 e. The van der Waals surface area contributed by atoms with Crippen LogP contribution in [-0.2, 0) is 29.1 Å². The Hall–Kier alpha value is -3.60. The fourth-order valence-electron chi connectivity index (χ4n) is 3.73. The Morgan fingerprint density at radius 3 is 1.97 bits per heavy atom. The van der Waals surface area contributed by atoms with Crippen LogP contribution in [0.1, 0.15) is 31.0 Å². The highest BCUT2D eigenvalue weighted by atomic mass is 32.2. The van der Waals surface area contributed by atoms with Gasteiger partial charge in [0.05, 0.1) is 25.2 Å². The molecule has 1 aliphatic heterocycles.